The minimum absolute atomic E-state index is 0.00717. The monoisotopic (exact) mass is 233 g/mol. The summed E-state index contributed by atoms with van der Waals surface area (Å²) in [5.41, 5.74) is 1.04. The van der Waals surface area contributed by atoms with E-state index in [1.165, 1.54) is 0 Å². The molecule has 2 amide bonds. The van der Waals surface area contributed by atoms with E-state index in [4.69, 9.17) is 0 Å². The van der Waals surface area contributed by atoms with E-state index in [0.717, 1.165) is 0 Å². The van der Waals surface area contributed by atoms with E-state index in [2.05, 4.69) is 16.0 Å². The zero-order valence-electron chi connectivity index (χ0n) is 9.62. The van der Waals surface area contributed by atoms with Gasteiger partial charge >= 0.3 is 0 Å². The molecule has 0 unspecified atom stereocenters. The van der Waals surface area contributed by atoms with E-state index in [9.17, 15) is 9.59 Å². The molecule has 0 aliphatic carbocycles. The summed E-state index contributed by atoms with van der Waals surface area (Å²) in [5, 5.41) is 8.37. The van der Waals surface area contributed by atoms with Gasteiger partial charge in [-0.3, -0.25) is 9.59 Å². The molecule has 1 aromatic carbocycles. The van der Waals surface area contributed by atoms with Gasteiger partial charge in [0.15, 0.2) is 0 Å². The number of para-hydroxylation sites is 1. The molecular formula is C12H15N3O2. The normalized spacial score (nSPS) is 14.9. The lowest BCUT2D eigenvalue weighted by Crippen LogP contribution is -2.48. The summed E-state index contributed by atoms with van der Waals surface area (Å²) in [6.45, 7) is 1.40. The lowest BCUT2D eigenvalue weighted by atomic mass is 10.0. The molecule has 1 heterocycles. The molecule has 3 N–H and O–H groups in total. The van der Waals surface area contributed by atoms with Crippen LogP contribution in [0.1, 0.15) is 10.4 Å². The van der Waals surface area contributed by atoms with Crippen LogP contribution in [0.4, 0.5) is 5.69 Å². The molecule has 0 saturated carbocycles. The first-order chi connectivity index (χ1) is 8.22. The number of rotatable bonds is 3. The van der Waals surface area contributed by atoms with Gasteiger partial charge in [-0.05, 0) is 12.1 Å². The highest BCUT2D eigenvalue weighted by atomic mass is 16.2. The third kappa shape index (κ3) is 2.45. The molecule has 5 nitrogen and oxygen atoms in total. The first-order valence-corrected chi connectivity index (χ1v) is 5.55. The predicted octanol–water partition coefficient (Wildman–Crippen LogP) is 0.204. The van der Waals surface area contributed by atoms with Gasteiger partial charge in [0.25, 0.3) is 5.91 Å². The molecule has 2 rings (SSSR count). The molecule has 1 aliphatic heterocycles. The third-order valence-corrected chi connectivity index (χ3v) is 2.81. The molecule has 0 bridgehead atoms. The Bertz CT molecular complexity index is 441. The van der Waals surface area contributed by atoms with E-state index < -0.39 is 0 Å². The second kappa shape index (κ2) is 4.97. The van der Waals surface area contributed by atoms with Crippen LogP contribution in [0.15, 0.2) is 24.3 Å². The molecule has 1 aromatic rings. The molecule has 0 radical (unpaired) electrons. The maximum Gasteiger partial charge on any atom is 0.253 e. The lowest BCUT2D eigenvalue weighted by Gasteiger charge is -2.26. The number of hydrogen-bond donors (Lipinski definition) is 3. The van der Waals surface area contributed by atoms with Crippen molar-refractivity contribution in [1.82, 2.24) is 10.6 Å². The van der Waals surface area contributed by atoms with E-state index in [1.54, 1.807) is 31.3 Å². The van der Waals surface area contributed by atoms with Crippen LogP contribution in [0.25, 0.3) is 0 Å². The molecule has 0 aromatic heterocycles. The van der Waals surface area contributed by atoms with Crippen molar-refractivity contribution in [3.8, 4) is 0 Å². The number of carbonyl (C=O) groups excluding carboxylic acids is 2. The number of nitrogens with one attached hydrogen (secondary N) is 3. The number of carbonyl (C=O) groups is 2. The maximum atomic E-state index is 11.8. The van der Waals surface area contributed by atoms with Crippen LogP contribution in [0.3, 0.4) is 0 Å². The van der Waals surface area contributed by atoms with Gasteiger partial charge in [0.05, 0.1) is 17.2 Å². The Labute approximate surface area is 99.6 Å². The highest BCUT2D eigenvalue weighted by Gasteiger charge is 2.25. The Morgan fingerprint density at radius 1 is 1.29 bits per heavy atom. The van der Waals surface area contributed by atoms with Gasteiger partial charge in [-0.25, -0.2) is 0 Å². The second-order valence-electron chi connectivity index (χ2n) is 3.97. The summed E-state index contributed by atoms with van der Waals surface area (Å²) in [6, 6.07) is 6.98. The van der Waals surface area contributed by atoms with Crippen LogP contribution in [-0.2, 0) is 4.79 Å². The number of anilines is 1. The summed E-state index contributed by atoms with van der Waals surface area (Å²) < 4.78 is 0. The molecule has 1 aliphatic rings. The first kappa shape index (κ1) is 11.6. The maximum absolute atomic E-state index is 11.8. The standard InChI is InChI=1S/C12H15N3O2/c1-13-12(17)9-4-2-3-5-10(9)15-11(16)8-6-14-7-8/h2-5,8,14H,6-7H2,1H3,(H,13,17)(H,15,16). The molecule has 0 spiro atoms. The smallest absolute Gasteiger partial charge is 0.253 e. The van der Waals surface area contributed by atoms with Crippen LogP contribution in [0.2, 0.25) is 0 Å². The Balaban J connectivity index is 2.14. The molecule has 17 heavy (non-hydrogen) atoms. The Morgan fingerprint density at radius 2 is 2.00 bits per heavy atom. The average molecular weight is 233 g/mol. The van der Waals surface area contributed by atoms with Crippen molar-refractivity contribution in [2.24, 2.45) is 5.92 Å². The SMILES string of the molecule is CNC(=O)c1ccccc1NC(=O)C1CNC1. The van der Waals surface area contributed by atoms with Gasteiger partial charge in [0.1, 0.15) is 0 Å². The van der Waals surface area contributed by atoms with Gasteiger partial charge in [0, 0.05) is 20.1 Å². The highest BCUT2D eigenvalue weighted by molar-refractivity contribution is 6.04. The second-order valence-corrected chi connectivity index (χ2v) is 3.97. The quantitative estimate of drug-likeness (QED) is 0.698. The zero-order chi connectivity index (χ0) is 12.3. The fraction of sp³-hybridized carbons (Fsp3) is 0.333. The highest BCUT2D eigenvalue weighted by Crippen LogP contribution is 2.16. The van der Waals surface area contributed by atoms with Gasteiger partial charge in [-0.1, -0.05) is 12.1 Å². The zero-order valence-corrected chi connectivity index (χ0v) is 9.62. The van der Waals surface area contributed by atoms with Crippen molar-refractivity contribution >= 4 is 17.5 Å². The van der Waals surface area contributed by atoms with Crippen LogP contribution in [-0.4, -0.2) is 32.0 Å². The predicted molar refractivity (Wildman–Crippen MR) is 64.8 cm³/mol. The fourth-order valence-electron chi connectivity index (χ4n) is 1.63. The van der Waals surface area contributed by atoms with Crippen molar-refractivity contribution in [3.63, 3.8) is 0 Å². The molecule has 90 valence electrons. The van der Waals surface area contributed by atoms with Gasteiger partial charge in [-0.2, -0.15) is 0 Å². The van der Waals surface area contributed by atoms with Crippen LogP contribution < -0.4 is 16.0 Å². The van der Waals surface area contributed by atoms with E-state index in [1.807, 2.05) is 0 Å². The van der Waals surface area contributed by atoms with Crippen molar-refractivity contribution in [2.75, 3.05) is 25.5 Å². The van der Waals surface area contributed by atoms with Crippen molar-refractivity contribution in [1.29, 1.82) is 0 Å². The van der Waals surface area contributed by atoms with E-state index in [0.29, 0.717) is 24.3 Å². The van der Waals surface area contributed by atoms with Crippen molar-refractivity contribution in [3.05, 3.63) is 29.8 Å². The summed E-state index contributed by atoms with van der Waals surface area (Å²) in [4.78, 5) is 23.4. The average Bonchev–Trinajstić information content (AvgIpc) is 2.26. The summed E-state index contributed by atoms with van der Waals surface area (Å²) in [6.07, 6.45) is 0. The minimum Gasteiger partial charge on any atom is -0.355 e. The van der Waals surface area contributed by atoms with Crippen LogP contribution in [0, 0.1) is 5.92 Å². The van der Waals surface area contributed by atoms with Gasteiger partial charge < -0.3 is 16.0 Å². The first-order valence-electron chi connectivity index (χ1n) is 5.55. The van der Waals surface area contributed by atoms with Crippen molar-refractivity contribution in [2.45, 2.75) is 0 Å². The summed E-state index contributed by atoms with van der Waals surface area (Å²) in [5.74, 6) is -0.236. The molecule has 0 atom stereocenters. The Hall–Kier alpha value is -1.88. The van der Waals surface area contributed by atoms with Crippen LogP contribution >= 0.6 is 0 Å². The molecular weight excluding hydrogens is 218 g/mol. The third-order valence-electron chi connectivity index (χ3n) is 2.81. The van der Waals surface area contributed by atoms with Gasteiger partial charge in [0.2, 0.25) is 5.91 Å². The molecule has 1 fully saturated rings. The van der Waals surface area contributed by atoms with Gasteiger partial charge in [-0.15, -0.1) is 0 Å². The number of benzene rings is 1. The summed E-state index contributed by atoms with van der Waals surface area (Å²) in [7, 11) is 1.57. The number of hydrogen-bond acceptors (Lipinski definition) is 3. The van der Waals surface area contributed by atoms with E-state index in [-0.39, 0.29) is 17.7 Å². The van der Waals surface area contributed by atoms with Crippen molar-refractivity contribution < 1.29 is 9.59 Å². The molecule has 5 heteroatoms. The topological polar surface area (TPSA) is 70.2 Å². The minimum atomic E-state index is -0.201. The Morgan fingerprint density at radius 3 is 2.59 bits per heavy atom. The largest absolute Gasteiger partial charge is 0.355 e. The number of amides is 2. The molecule has 1 saturated heterocycles. The Kier molecular flexibility index (Phi) is 3.39. The lowest BCUT2D eigenvalue weighted by molar-refractivity contribution is -0.121. The van der Waals surface area contributed by atoms with E-state index >= 15 is 0 Å². The van der Waals surface area contributed by atoms with Crippen LogP contribution in [0.5, 0.6) is 0 Å². The summed E-state index contributed by atoms with van der Waals surface area (Å²) >= 11 is 0. The fourth-order valence-corrected chi connectivity index (χ4v) is 1.63.